The Morgan fingerprint density at radius 1 is 1.40 bits per heavy atom. The number of hydrogen-bond donors (Lipinski definition) is 2. The number of pyridine rings is 1. The van der Waals surface area contributed by atoms with Gasteiger partial charge in [-0.05, 0) is 30.9 Å². The van der Waals surface area contributed by atoms with Crippen molar-refractivity contribution in [2.75, 3.05) is 0 Å². The highest BCUT2D eigenvalue weighted by atomic mass is 32.2. The van der Waals surface area contributed by atoms with E-state index in [1.807, 2.05) is 0 Å². The maximum absolute atomic E-state index is 12.3. The number of nitrogens with one attached hydrogen (secondary N) is 1. The van der Waals surface area contributed by atoms with Crippen LogP contribution in [0.5, 0.6) is 0 Å². The molecule has 2 unspecified atom stereocenters. The van der Waals surface area contributed by atoms with Crippen LogP contribution < -0.4 is 10.5 Å². The highest BCUT2D eigenvalue weighted by molar-refractivity contribution is 7.89. The van der Waals surface area contributed by atoms with Gasteiger partial charge in [0.15, 0.2) is 0 Å². The molecule has 3 N–H and O–H groups in total. The van der Waals surface area contributed by atoms with Gasteiger partial charge in [-0.2, -0.15) is 0 Å². The molecule has 6 heteroatoms. The third-order valence-corrected chi connectivity index (χ3v) is 5.50. The van der Waals surface area contributed by atoms with Crippen molar-refractivity contribution in [1.82, 2.24) is 9.71 Å². The monoisotopic (exact) mass is 297 g/mol. The van der Waals surface area contributed by atoms with E-state index in [1.54, 1.807) is 12.1 Å². The molecule has 0 aromatic carbocycles. The molecule has 5 nitrogen and oxygen atoms in total. The Morgan fingerprint density at radius 2 is 2.20 bits per heavy atom. The van der Waals surface area contributed by atoms with Crippen molar-refractivity contribution in [2.24, 2.45) is 11.7 Å². The van der Waals surface area contributed by atoms with E-state index in [4.69, 9.17) is 5.73 Å². The minimum absolute atomic E-state index is 0.0490. The molecular formula is C14H23N3O2S. The minimum atomic E-state index is -3.47. The molecule has 20 heavy (non-hydrogen) atoms. The zero-order chi connectivity index (χ0) is 14.6. The zero-order valence-corrected chi connectivity index (χ0v) is 12.7. The second kappa shape index (κ2) is 6.65. The van der Waals surface area contributed by atoms with Crippen LogP contribution in [0.15, 0.2) is 23.2 Å². The Hall–Kier alpha value is -0.980. The summed E-state index contributed by atoms with van der Waals surface area (Å²) in [5, 5.41) is 0. The Labute approximate surface area is 121 Å². The highest BCUT2D eigenvalue weighted by Gasteiger charge is 2.25. The summed E-state index contributed by atoms with van der Waals surface area (Å²) in [4.78, 5) is 4.26. The highest BCUT2D eigenvalue weighted by Crippen LogP contribution is 2.27. The van der Waals surface area contributed by atoms with Gasteiger partial charge in [-0.3, -0.25) is 4.98 Å². The molecule has 1 aromatic rings. The van der Waals surface area contributed by atoms with E-state index in [0.29, 0.717) is 18.2 Å². The Bertz CT molecular complexity index is 528. The lowest BCUT2D eigenvalue weighted by Crippen LogP contribution is -2.38. The molecule has 1 saturated carbocycles. The first-order chi connectivity index (χ1) is 9.55. The van der Waals surface area contributed by atoms with Crippen molar-refractivity contribution >= 4 is 10.0 Å². The first-order valence-corrected chi connectivity index (χ1v) is 8.70. The van der Waals surface area contributed by atoms with Gasteiger partial charge in [0.25, 0.3) is 0 Å². The average molecular weight is 297 g/mol. The third-order valence-electron chi connectivity index (χ3n) is 4.00. The van der Waals surface area contributed by atoms with E-state index >= 15 is 0 Å². The lowest BCUT2D eigenvalue weighted by Gasteiger charge is -2.28. The Balaban J connectivity index is 2.06. The molecule has 112 valence electrons. The molecule has 2 rings (SSSR count). The number of rotatable bonds is 5. The molecule has 0 bridgehead atoms. The van der Waals surface area contributed by atoms with Gasteiger partial charge in [0.1, 0.15) is 4.90 Å². The standard InChI is InChI=1S/C14H23N3O2S/c1-2-11-4-3-5-12(8-11)17-20(18,19)14-7-6-13(9-15)16-10-14/h6-7,10-12,17H,2-5,8-9,15H2,1H3. The molecule has 1 aliphatic carbocycles. The smallest absolute Gasteiger partial charge is 0.242 e. The second-order valence-corrected chi connectivity index (χ2v) is 7.16. The summed E-state index contributed by atoms with van der Waals surface area (Å²) in [6, 6.07) is 3.27. The molecule has 1 heterocycles. The fourth-order valence-electron chi connectivity index (χ4n) is 2.75. The van der Waals surface area contributed by atoms with E-state index in [0.717, 1.165) is 25.7 Å². The third kappa shape index (κ3) is 3.77. The number of nitrogens with two attached hydrogens (primary N) is 1. The van der Waals surface area contributed by atoms with Gasteiger partial charge >= 0.3 is 0 Å². The SMILES string of the molecule is CCC1CCCC(NS(=O)(=O)c2ccc(CN)nc2)C1. The van der Waals surface area contributed by atoms with Crippen molar-refractivity contribution in [3.05, 3.63) is 24.0 Å². The van der Waals surface area contributed by atoms with E-state index in [1.165, 1.54) is 12.6 Å². The van der Waals surface area contributed by atoms with Gasteiger partial charge in [0.05, 0.1) is 5.69 Å². The predicted octanol–water partition coefficient (Wildman–Crippen LogP) is 1.79. The number of sulfonamides is 1. The maximum atomic E-state index is 12.3. The quantitative estimate of drug-likeness (QED) is 0.867. The summed E-state index contributed by atoms with van der Waals surface area (Å²) in [6.07, 6.45) is 6.65. The predicted molar refractivity (Wildman–Crippen MR) is 78.5 cm³/mol. The van der Waals surface area contributed by atoms with Gasteiger partial charge in [-0.25, -0.2) is 13.1 Å². The molecule has 1 fully saturated rings. The van der Waals surface area contributed by atoms with E-state index in [2.05, 4.69) is 16.6 Å². The number of hydrogen-bond acceptors (Lipinski definition) is 4. The van der Waals surface area contributed by atoms with Crippen LogP contribution in [0, 0.1) is 5.92 Å². The summed E-state index contributed by atoms with van der Waals surface area (Å²) in [7, 11) is -3.47. The van der Waals surface area contributed by atoms with Crippen LogP contribution in [0.25, 0.3) is 0 Å². The molecule has 1 aromatic heterocycles. The number of aromatic nitrogens is 1. The molecule has 0 saturated heterocycles. The van der Waals surface area contributed by atoms with Crippen molar-refractivity contribution < 1.29 is 8.42 Å². The topological polar surface area (TPSA) is 85.1 Å². The van der Waals surface area contributed by atoms with Crippen molar-refractivity contribution in [1.29, 1.82) is 0 Å². The summed E-state index contributed by atoms with van der Waals surface area (Å²) in [5.41, 5.74) is 6.15. The molecular weight excluding hydrogens is 274 g/mol. The minimum Gasteiger partial charge on any atom is -0.325 e. The summed E-state index contributed by atoms with van der Waals surface area (Å²) in [6.45, 7) is 2.48. The van der Waals surface area contributed by atoms with Crippen LogP contribution in [0.1, 0.15) is 44.7 Å². The van der Waals surface area contributed by atoms with Crippen molar-refractivity contribution in [3.8, 4) is 0 Å². The molecule has 0 radical (unpaired) electrons. The van der Waals surface area contributed by atoms with Crippen LogP contribution >= 0.6 is 0 Å². The van der Waals surface area contributed by atoms with Crippen LogP contribution in [-0.4, -0.2) is 19.4 Å². The first-order valence-electron chi connectivity index (χ1n) is 7.22. The number of nitrogens with zero attached hydrogens (tertiary/aromatic N) is 1. The van der Waals surface area contributed by atoms with E-state index in [9.17, 15) is 8.42 Å². The van der Waals surface area contributed by atoms with Crippen LogP contribution in [0.3, 0.4) is 0 Å². The fraction of sp³-hybridized carbons (Fsp3) is 0.643. The molecule has 0 spiro atoms. The van der Waals surface area contributed by atoms with Crippen LogP contribution in [0.4, 0.5) is 0 Å². The van der Waals surface area contributed by atoms with E-state index in [-0.39, 0.29) is 10.9 Å². The van der Waals surface area contributed by atoms with Crippen LogP contribution in [-0.2, 0) is 16.6 Å². The van der Waals surface area contributed by atoms with Crippen molar-refractivity contribution in [2.45, 2.75) is 56.5 Å². The lowest BCUT2D eigenvalue weighted by molar-refractivity contribution is 0.301. The molecule has 0 amide bonds. The first kappa shape index (κ1) is 15.4. The summed E-state index contributed by atoms with van der Waals surface area (Å²) >= 11 is 0. The summed E-state index contributed by atoms with van der Waals surface area (Å²) in [5.74, 6) is 0.634. The largest absolute Gasteiger partial charge is 0.325 e. The Kier molecular flexibility index (Phi) is 5.12. The van der Waals surface area contributed by atoms with Gasteiger partial charge in [-0.1, -0.05) is 26.2 Å². The van der Waals surface area contributed by atoms with Gasteiger partial charge < -0.3 is 5.73 Å². The van der Waals surface area contributed by atoms with E-state index < -0.39 is 10.0 Å². The van der Waals surface area contributed by atoms with Crippen molar-refractivity contribution in [3.63, 3.8) is 0 Å². The second-order valence-electron chi connectivity index (χ2n) is 5.45. The fourth-order valence-corrected chi connectivity index (χ4v) is 3.97. The maximum Gasteiger partial charge on any atom is 0.242 e. The molecule has 1 aliphatic rings. The van der Waals surface area contributed by atoms with Gasteiger partial charge in [0.2, 0.25) is 10.0 Å². The normalized spacial score (nSPS) is 23.7. The summed E-state index contributed by atoms with van der Waals surface area (Å²) < 4.78 is 27.4. The average Bonchev–Trinajstić information content (AvgIpc) is 2.47. The molecule has 2 atom stereocenters. The van der Waals surface area contributed by atoms with Gasteiger partial charge in [-0.15, -0.1) is 0 Å². The van der Waals surface area contributed by atoms with Crippen LogP contribution in [0.2, 0.25) is 0 Å². The lowest BCUT2D eigenvalue weighted by atomic mass is 9.85. The zero-order valence-electron chi connectivity index (χ0n) is 11.9. The van der Waals surface area contributed by atoms with Gasteiger partial charge in [0, 0.05) is 18.8 Å². The molecule has 0 aliphatic heterocycles. The Morgan fingerprint density at radius 3 is 2.80 bits per heavy atom.